The highest BCUT2D eigenvalue weighted by Crippen LogP contribution is 2.21. The Kier molecular flexibility index (Phi) is 7.84. The highest BCUT2D eigenvalue weighted by Gasteiger charge is 2.17. The van der Waals surface area contributed by atoms with Crippen LogP contribution in [0.2, 0.25) is 0 Å². The van der Waals surface area contributed by atoms with E-state index < -0.39 is 0 Å². The van der Waals surface area contributed by atoms with E-state index in [4.69, 9.17) is 19.9 Å². The van der Waals surface area contributed by atoms with E-state index in [9.17, 15) is 0 Å². The molecule has 10 heteroatoms. The van der Waals surface area contributed by atoms with Crippen molar-refractivity contribution in [2.45, 2.75) is 39.3 Å². The molecule has 0 atom stereocenters. The zero-order chi connectivity index (χ0) is 33.3. The van der Waals surface area contributed by atoms with Crippen molar-refractivity contribution in [3.8, 4) is 0 Å². The molecular weight excluding hydrogens is 621 g/mol. The molecule has 0 saturated heterocycles. The Morgan fingerprint density at radius 2 is 0.640 bits per heavy atom. The van der Waals surface area contributed by atoms with Crippen molar-refractivity contribution in [3.63, 3.8) is 0 Å². The average molecular weight is 657 g/mol. The summed E-state index contributed by atoms with van der Waals surface area (Å²) >= 11 is 0. The van der Waals surface area contributed by atoms with Gasteiger partial charge in [-0.1, -0.05) is 72.8 Å². The topological polar surface area (TPSA) is 121 Å². The Morgan fingerprint density at radius 3 is 0.940 bits per heavy atom. The predicted octanol–water partition coefficient (Wildman–Crippen LogP) is 7.60. The molecule has 4 N–H and O–H groups in total. The summed E-state index contributed by atoms with van der Waals surface area (Å²) in [5, 5.41) is 0. The van der Waals surface area contributed by atoms with E-state index in [1.807, 2.05) is 72.8 Å². The van der Waals surface area contributed by atoms with Crippen LogP contribution in [0.4, 0.5) is 0 Å². The molecule has 4 heterocycles. The molecule has 0 saturated carbocycles. The standard InChI is InChI=1S/C40H36N10/c1-2-13-30-29(12-1)41-37(42-30)23-49(24-38-43-31-14-3-4-15-32(31)44-38)21-27-10-9-11-28(20-27)22-50(25-39-45-33-16-5-6-17-34(33)46-39)26-40-47-35-18-7-8-19-36(35)48-40/h1-20H,21-26H2,(H,41,42)(H,43,44)(H,45,46)(H,47,48). The van der Waals surface area contributed by atoms with E-state index in [2.05, 4.69) is 78.3 Å². The summed E-state index contributed by atoms with van der Waals surface area (Å²) in [4.78, 5) is 38.4. The number of hydrogen-bond acceptors (Lipinski definition) is 6. The minimum absolute atomic E-state index is 0.653. The van der Waals surface area contributed by atoms with Gasteiger partial charge in [0.15, 0.2) is 0 Å². The quantitative estimate of drug-likeness (QED) is 0.108. The first kappa shape index (κ1) is 30.0. The smallest absolute Gasteiger partial charge is 0.121 e. The van der Waals surface area contributed by atoms with Crippen molar-refractivity contribution in [2.75, 3.05) is 0 Å². The largest absolute Gasteiger partial charge is 0.341 e. The first-order chi connectivity index (χ1) is 24.7. The van der Waals surface area contributed by atoms with E-state index in [1.54, 1.807) is 0 Å². The molecule has 10 nitrogen and oxygen atoms in total. The summed E-state index contributed by atoms with van der Waals surface area (Å²) in [6.45, 7) is 4.07. The third-order valence-corrected chi connectivity index (χ3v) is 9.05. The number of para-hydroxylation sites is 8. The normalized spacial score (nSPS) is 12.0. The van der Waals surface area contributed by atoms with Crippen LogP contribution >= 0.6 is 0 Å². The van der Waals surface area contributed by atoms with E-state index in [1.165, 1.54) is 11.1 Å². The van der Waals surface area contributed by atoms with Gasteiger partial charge in [-0.15, -0.1) is 0 Å². The molecular formula is C40H36N10. The number of nitrogens with one attached hydrogen (secondary N) is 4. The molecule has 0 aliphatic rings. The molecule has 0 spiro atoms. The van der Waals surface area contributed by atoms with Gasteiger partial charge in [0.1, 0.15) is 23.3 Å². The van der Waals surface area contributed by atoms with Gasteiger partial charge in [0.05, 0.1) is 70.3 Å². The van der Waals surface area contributed by atoms with Gasteiger partial charge < -0.3 is 19.9 Å². The van der Waals surface area contributed by atoms with Crippen LogP contribution < -0.4 is 0 Å². The van der Waals surface area contributed by atoms with Crippen molar-refractivity contribution in [1.82, 2.24) is 49.7 Å². The summed E-state index contributed by atoms with van der Waals surface area (Å²) in [7, 11) is 0. The van der Waals surface area contributed by atoms with Crippen LogP contribution in [0.1, 0.15) is 34.4 Å². The van der Waals surface area contributed by atoms with Crippen LogP contribution in [0.3, 0.4) is 0 Å². The van der Waals surface area contributed by atoms with E-state index in [0.717, 1.165) is 80.5 Å². The van der Waals surface area contributed by atoms with E-state index in [0.29, 0.717) is 26.2 Å². The summed E-state index contributed by atoms with van der Waals surface area (Å²) in [5.41, 5.74) is 10.5. The van der Waals surface area contributed by atoms with Crippen LogP contribution in [0.25, 0.3) is 44.1 Å². The SMILES string of the molecule is c1cc(CN(Cc2nc3ccccc3[nH]2)Cc2nc3ccccc3[nH]2)cc(CN(Cc2nc3ccccc3[nH]2)Cc2nc3ccccc3[nH]2)c1. The first-order valence-corrected chi connectivity index (χ1v) is 16.9. The summed E-state index contributed by atoms with van der Waals surface area (Å²) < 4.78 is 0. The van der Waals surface area contributed by atoms with Crippen molar-refractivity contribution in [1.29, 1.82) is 0 Å². The maximum Gasteiger partial charge on any atom is 0.121 e. The number of rotatable bonds is 12. The second-order valence-electron chi connectivity index (χ2n) is 12.9. The number of aromatic nitrogens is 8. The van der Waals surface area contributed by atoms with Crippen LogP contribution in [-0.4, -0.2) is 49.7 Å². The average Bonchev–Trinajstić information content (AvgIpc) is 3.91. The molecule has 9 aromatic rings. The Labute approximate surface area is 288 Å². The lowest BCUT2D eigenvalue weighted by Crippen LogP contribution is -2.25. The zero-order valence-corrected chi connectivity index (χ0v) is 27.5. The molecule has 0 unspecified atom stereocenters. The van der Waals surface area contributed by atoms with E-state index >= 15 is 0 Å². The Balaban J connectivity index is 0.987. The lowest BCUT2D eigenvalue weighted by atomic mass is 10.1. The predicted molar refractivity (Wildman–Crippen MR) is 197 cm³/mol. The van der Waals surface area contributed by atoms with Crippen molar-refractivity contribution in [2.24, 2.45) is 0 Å². The van der Waals surface area contributed by atoms with Crippen molar-refractivity contribution >= 4 is 44.1 Å². The number of imidazole rings is 4. The number of nitrogens with zero attached hydrogens (tertiary/aromatic N) is 6. The number of hydrogen-bond donors (Lipinski definition) is 4. The van der Waals surface area contributed by atoms with Crippen LogP contribution in [0.5, 0.6) is 0 Å². The van der Waals surface area contributed by atoms with Gasteiger partial charge in [-0.2, -0.15) is 0 Å². The number of benzene rings is 5. The highest BCUT2D eigenvalue weighted by atomic mass is 15.2. The minimum Gasteiger partial charge on any atom is -0.341 e. The monoisotopic (exact) mass is 656 g/mol. The second kappa shape index (κ2) is 13.1. The summed E-state index contributed by atoms with van der Waals surface area (Å²) in [6, 6.07) is 41.6. The van der Waals surface area contributed by atoms with Crippen LogP contribution in [0.15, 0.2) is 121 Å². The van der Waals surface area contributed by atoms with Gasteiger partial charge in [-0.25, -0.2) is 19.9 Å². The third-order valence-electron chi connectivity index (χ3n) is 9.05. The molecule has 0 bridgehead atoms. The van der Waals surface area contributed by atoms with Gasteiger partial charge in [0.2, 0.25) is 0 Å². The summed E-state index contributed by atoms with van der Waals surface area (Å²) in [6.07, 6.45) is 0. The zero-order valence-electron chi connectivity index (χ0n) is 27.5. The van der Waals surface area contributed by atoms with Crippen molar-refractivity contribution in [3.05, 3.63) is 156 Å². The lowest BCUT2D eigenvalue weighted by Gasteiger charge is -2.22. The van der Waals surface area contributed by atoms with Gasteiger partial charge in [-0.3, -0.25) is 9.80 Å². The van der Waals surface area contributed by atoms with Crippen molar-refractivity contribution < 1.29 is 0 Å². The molecule has 0 aliphatic heterocycles. The molecule has 4 aromatic heterocycles. The first-order valence-electron chi connectivity index (χ1n) is 16.9. The van der Waals surface area contributed by atoms with Gasteiger partial charge >= 0.3 is 0 Å². The fourth-order valence-corrected chi connectivity index (χ4v) is 6.85. The fourth-order valence-electron chi connectivity index (χ4n) is 6.85. The highest BCUT2D eigenvalue weighted by molar-refractivity contribution is 5.76. The second-order valence-corrected chi connectivity index (χ2v) is 12.9. The fraction of sp³-hybridized carbons (Fsp3) is 0.150. The van der Waals surface area contributed by atoms with Gasteiger partial charge in [0, 0.05) is 13.1 Å². The van der Waals surface area contributed by atoms with E-state index in [-0.39, 0.29) is 0 Å². The molecule has 0 radical (unpaired) electrons. The Hall–Kier alpha value is -6.10. The number of fused-ring (bicyclic) bond motifs is 4. The molecule has 0 amide bonds. The van der Waals surface area contributed by atoms with Gasteiger partial charge in [-0.05, 0) is 59.7 Å². The summed E-state index contributed by atoms with van der Waals surface area (Å²) in [5.74, 6) is 3.73. The molecule has 9 rings (SSSR count). The maximum atomic E-state index is 4.89. The Bertz CT molecular complexity index is 2100. The number of H-pyrrole nitrogens is 4. The maximum absolute atomic E-state index is 4.89. The molecule has 5 aromatic carbocycles. The number of aromatic amines is 4. The van der Waals surface area contributed by atoms with Crippen LogP contribution in [0, 0.1) is 0 Å². The molecule has 50 heavy (non-hydrogen) atoms. The third kappa shape index (κ3) is 6.49. The van der Waals surface area contributed by atoms with Crippen LogP contribution in [-0.2, 0) is 39.3 Å². The van der Waals surface area contributed by atoms with Gasteiger partial charge in [0.25, 0.3) is 0 Å². The minimum atomic E-state index is 0.653. The molecule has 0 aliphatic carbocycles. The molecule has 0 fully saturated rings. The lowest BCUT2D eigenvalue weighted by molar-refractivity contribution is 0.233. The Morgan fingerprint density at radius 1 is 0.340 bits per heavy atom. The molecule has 246 valence electrons.